The number of hydrogen-bond acceptors (Lipinski definition) is 3. The maximum atomic E-state index is 12.8. The molecule has 0 bridgehead atoms. The van der Waals surface area contributed by atoms with E-state index in [9.17, 15) is 9.59 Å². The van der Waals surface area contributed by atoms with Crippen LogP contribution in [0.25, 0.3) is 0 Å². The first-order valence-corrected chi connectivity index (χ1v) is 8.31. The minimum Gasteiger partial charge on any atom is -0.469 e. The molecule has 5 heteroatoms. The van der Waals surface area contributed by atoms with Gasteiger partial charge >= 0.3 is 0 Å². The summed E-state index contributed by atoms with van der Waals surface area (Å²) < 4.78 is 5.40. The highest BCUT2D eigenvalue weighted by atomic mass is 16.3. The Balaban J connectivity index is 1.48. The van der Waals surface area contributed by atoms with Gasteiger partial charge in [0.1, 0.15) is 11.8 Å². The molecular formula is C19H20N2O3. The monoisotopic (exact) mass is 324 g/mol. The molecule has 3 atom stereocenters. The molecule has 1 aliphatic carbocycles. The highest BCUT2D eigenvalue weighted by Gasteiger charge is 2.43. The number of furan rings is 1. The number of rotatable bonds is 3. The van der Waals surface area contributed by atoms with Gasteiger partial charge in [-0.2, -0.15) is 0 Å². The van der Waals surface area contributed by atoms with E-state index in [0.29, 0.717) is 13.0 Å². The zero-order chi connectivity index (χ0) is 16.7. The first-order chi connectivity index (χ1) is 11.6. The van der Waals surface area contributed by atoms with E-state index in [-0.39, 0.29) is 23.8 Å². The van der Waals surface area contributed by atoms with Crippen molar-refractivity contribution in [1.82, 2.24) is 10.2 Å². The molecular weight excluding hydrogens is 304 g/mol. The van der Waals surface area contributed by atoms with Crippen LogP contribution in [0.1, 0.15) is 36.1 Å². The molecule has 1 saturated carbocycles. The van der Waals surface area contributed by atoms with Gasteiger partial charge in [0.05, 0.1) is 6.26 Å². The topological polar surface area (TPSA) is 62.6 Å². The smallest absolute Gasteiger partial charge is 0.243 e. The first kappa shape index (κ1) is 15.0. The summed E-state index contributed by atoms with van der Waals surface area (Å²) in [6.07, 6.45) is 3.12. The number of benzene rings is 1. The standard InChI is InChI=1S/C19H20N2O3/c1-12(22)21-11-14-6-3-2-5-13(14)9-17(21)19(23)20-16-10-15(16)18-7-4-8-24-18/h2-8,15-17H,9-11H2,1H3,(H,20,23)/t15-,16-,17?/m1/s1. The van der Waals surface area contributed by atoms with Gasteiger partial charge in [0.2, 0.25) is 11.8 Å². The highest BCUT2D eigenvalue weighted by molar-refractivity contribution is 5.88. The van der Waals surface area contributed by atoms with Gasteiger partial charge < -0.3 is 14.6 Å². The van der Waals surface area contributed by atoms with E-state index in [2.05, 4.69) is 5.32 Å². The third-order valence-corrected chi connectivity index (χ3v) is 4.98. The predicted octanol–water partition coefficient (Wildman–Crippen LogP) is 2.23. The molecule has 0 radical (unpaired) electrons. The van der Waals surface area contributed by atoms with Gasteiger partial charge in [-0.25, -0.2) is 0 Å². The number of carbonyl (C=O) groups excluding carboxylic acids is 2. The van der Waals surface area contributed by atoms with Crippen molar-refractivity contribution in [2.24, 2.45) is 0 Å². The molecule has 1 aliphatic heterocycles. The average Bonchev–Trinajstić information content (AvgIpc) is 3.12. The zero-order valence-electron chi connectivity index (χ0n) is 13.6. The van der Waals surface area contributed by atoms with E-state index in [1.54, 1.807) is 11.2 Å². The Morgan fingerprint density at radius 3 is 2.67 bits per heavy atom. The fraction of sp³-hybridized carbons (Fsp3) is 0.368. The second-order valence-electron chi connectivity index (χ2n) is 6.61. The lowest BCUT2D eigenvalue weighted by molar-refractivity contribution is -0.140. The Hall–Kier alpha value is -2.56. The first-order valence-electron chi connectivity index (χ1n) is 8.31. The van der Waals surface area contributed by atoms with E-state index in [1.165, 1.54) is 6.92 Å². The van der Waals surface area contributed by atoms with Crippen LogP contribution in [0.4, 0.5) is 0 Å². The number of amides is 2. The Bertz CT molecular complexity index is 769. The van der Waals surface area contributed by atoms with E-state index < -0.39 is 6.04 Å². The van der Waals surface area contributed by atoms with Gasteiger partial charge in [0, 0.05) is 31.8 Å². The van der Waals surface area contributed by atoms with Crippen molar-refractivity contribution >= 4 is 11.8 Å². The zero-order valence-corrected chi connectivity index (χ0v) is 13.6. The third-order valence-electron chi connectivity index (χ3n) is 4.98. The van der Waals surface area contributed by atoms with E-state index >= 15 is 0 Å². The van der Waals surface area contributed by atoms with Gasteiger partial charge in [-0.3, -0.25) is 9.59 Å². The Morgan fingerprint density at radius 2 is 1.96 bits per heavy atom. The van der Waals surface area contributed by atoms with Crippen molar-refractivity contribution in [2.75, 3.05) is 0 Å². The fourth-order valence-corrected chi connectivity index (χ4v) is 3.54. The van der Waals surface area contributed by atoms with E-state index in [0.717, 1.165) is 23.3 Å². The van der Waals surface area contributed by atoms with Crippen molar-refractivity contribution in [3.63, 3.8) is 0 Å². The quantitative estimate of drug-likeness (QED) is 0.942. The molecule has 0 saturated heterocycles. The van der Waals surface area contributed by atoms with Crippen LogP contribution in [0.15, 0.2) is 47.1 Å². The molecule has 1 aromatic carbocycles. The Kier molecular flexibility index (Phi) is 3.63. The van der Waals surface area contributed by atoms with Crippen LogP contribution in [0.5, 0.6) is 0 Å². The lowest BCUT2D eigenvalue weighted by atomic mass is 9.93. The summed E-state index contributed by atoms with van der Waals surface area (Å²) in [4.78, 5) is 26.4. The van der Waals surface area contributed by atoms with Crippen LogP contribution in [0.3, 0.4) is 0 Å². The molecule has 2 heterocycles. The van der Waals surface area contributed by atoms with Gasteiger partial charge in [-0.05, 0) is 29.7 Å². The van der Waals surface area contributed by atoms with Crippen molar-refractivity contribution in [1.29, 1.82) is 0 Å². The highest BCUT2D eigenvalue weighted by Crippen LogP contribution is 2.41. The van der Waals surface area contributed by atoms with Crippen LogP contribution in [0.2, 0.25) is 0 Å². The SMILES string of the molecule is CC(=O)N1Cc2ccccc2CC1C(=O)N[C@@H]1C[C@H]1c1ccco1. The molecule has 2 amide bonds. The molecule has 1 aromatic heterocycles. The molecule has 5 nitrogen and oxygen atoms in total. The maximum Gasteiger partial charge on any atom is 0.243 e. The molecule has 4 rings (SSSR count). The lowest BCUT2D eigenvalue weighted by Gasteiger charge is -2.35. The summed E-state index contributed by atoms with van der Waals surface area (Å²) in [5.74, 6) is 1.03. The summed E-state index contributed by atoms with van der Waals surface area (Å²) in [6.45, 7) is 2.02. The predicted molar refractivity (Wildman–Crippen MR) is 88.2 cm³/mol. The van der Waals surface area contributed by atoms with Crippen molar-refractivity contribution in [2.45, 2.75) is 44.3 Å². The summed E-state index contributed by atoms with van der Waals surface area (Å²) in [5, 5.41) is 3.08. The van der Waals surface area contributed by atoms with Gasteiger partial charge in [0.15, 0.2) is 0 Å². The molecule has 1 fully saturated rings. The van der Waals surface area contributed by atoms with Crippen LogP contribution in [-0.4, -0.2) is 28.8 Å². The second-order valence-corrected chi connectivity index (χ2v) is 6.61. The largest absolute Gasteiger partial charge is 0.469 e. The van der Waals surface area contributed by atoms with E-state index in [1.807, 2.05) is 36.4 Å². The number of nitrogens with zero attached hydrogens (tertiary/aromatic N) is 1. The minimum atomic E-state index is -0.435. The molecule has 1 unspecified atom stereocenters. The number of carbonyl (C=O) groups is 2. The van der Waals surface area contributed by atoms with Crippen molar-refractivity contribution in [3.8, 4) is 0 Å². The minimum absolute atomic E-state index is 0.0666. The number of hydrogen-bond donors (Lipinski definition) is 1. The number of fused-ring (bicyclic) bond motifs is 1. The second kappa shape index (κ2) is 5.82. The lowest BCUT2D eigenvalue weighted by Crippen LogP contribution is -2.52. The number of nitrogens with one attached hydrogen (secondary N) is 1. The van der Waals surface area contributed by atoms with E-state index in [4.69, 9.17) is 4.42 Å². The molecule has 24 heavy (non-hydrogen) atoms. The molecule has 2 aliphatic rings. The van der Waals surface area contributed by atoms with Gasteiger partial charge in [0.25, 0.3) is 0 Å². The normalized spacial score (nSPS) is 25.0. The molecule has 124 valence electrons. The maximum absolute atomic E-state index is 12.8. The summed E-state index contributed by atoms with van der Waals surface area (Å²) >= 11 is 0. The molecule has 1 N–H and O–H groups in total. The summed E-state index contributed by atoms with van der Waals surface area (Å²) in [5.41, 5.74) is 2.27. The van der Waals surface area contributed by atoms with Crippen molar-refractivity contribution < 1.29 is 14.0 Å². The van der Waals surface area contributed by atoms with Crippen LogP contribution in [-0.2, 0) is 22.6 Å². The third kappa shape index (κ3) is 2.70. The van der Waals surface area contributed by atoms with Gasteiger partial charge in [-0.15, -0.1) is 0 Å². The van der Waals surface area contributed by atoms with Crippen LogP contribution in [0, 0.1) is 0 Å². The summed E-state index contributed by atoms with van der Waals surface area (Å²) in [6, 6.07) is 11.5. The van der Waals surface area contributed by atoms with Crippen molar-refractivity contribution in [3.05, 3.63) is 59.5 Å². The van der Waals surface area contributed by atoms with Gasteiger partial charge in [-0.1, -0.05) is 24.3 Å². The fourth-order valence-electron chi connectivity index (χ4n) is 3.54. The average molecular weight is 324 g/mol. The summed E-state index contributed by atoms with van der Waals surface area (Å²) in [7, 11) is 0. The van der Waals surface area contributed by atoms with Crippen LogP contribution < -0.4 is 5.32 Å². The molecule has 2 aromatic rings. The Morgan fingerprint density at radius 1 is 1.17 bits per heavy atom. The Labute approximate surface area is 140 Å². The van der Waals surface area contributed by atoms with Crippen LogP contribution >= 0.6 is 0 Å². The molecule has 0 spiro atoms.